The first-order chi connectivity index (χ1) is 4.27. The Labute approximate surface area is 65.6 Å². The van der Waals surface area contributed by atoms with E-state index in [0.717, 1.165) is 10.9 Å². The number of allylic oxidation sites excluding steroid dienone is 4. The Morgan fingerprint density at radius 1 is 1.56 bits per heavy atom. The van der Waals surface area contributed by atoms with Crippen LogP contribution in [0.4, 0.5) is 0 Å². The molecule has 0 aromatic carbocycles. The first-order valence-electron chi connectivity index (χ1n) is 3.24. The van der Waals surface area contributed by atoms with Crippen molar-refractivity contribution in [1.29, 1.82) is 0 Å². The van der Waals surface area contributed by atoms with E-state index < -0.39 is 0 Å². The first-order valence-corrected chi connectivity index (χ1v) is 3.76. The minimum atomic E-state index is 1.05. The third kappa shape index (κ3) is 7.99. The van der Waals surface area contributed by atoms with Gasteiger partial charge in [0.1, 0.15) is 0 Å². The Balaban J connectivity index is 3.35. The summed E-state index contributed by atoms with van der Waals surface area (Å²) in [4.78, 5) is 0. The van der Waals surface area contributed by atoms with Crippen LogP contribution in [-0.2, 0) is 15.7 Å². The van der Waals surface area contributed by atoms with Crippen molar-refractivity contribution in [3.63, 3.8) is 0 Å². The maximum atomic E-state index is 4.16. The quantitative estimate of drug-likeness (QED) is 0.568. The summed E-state index contributed by atoms with van der Waals surface area (Å²) in [6.45, 7) is 4.14. The van der Waals surface area contributed by atoms with Gasteiger partial charge in [0.25, 0.3) is 0 Å². The van der Waals surface area contributed by atoms with Crippen molar-refractivity contribution in [2.75, 3.05) is 0 Å². The fourth-order valence-electron chi connectivity index (χ4n) is 0.459. The zero-order chi connectivity index (χ0) is 7.11. The van der Waals surface area contributed by atoms with Crippen LogP contribution in [0.2, 0.25) is 0 Å². The standard InChI is InChI=1S/C8H13.Co/c1-3-5-7-8-6-4-2;/h6-8H,3,5H2,1-2H3;. The van der Waals surface area contributed by atoms with Gasteiger partial charge in [0, 0.05) is 0 Å². The molecule has 0 spiro atoms. The Hall–Kier alpha value is -0.0135. The molecule has 0 aromatic heterocycles. The number of rotatable bonds is 3. The SMILES string of the molecule is CCCC=CC=[C](C)[Co]. The predicted molar refractivity (Wildman–Crippen MR) is 37.8 cm³/mol. The molecule has 54 valence electrons. The molecule has 0 amide bonds. The van der Waals surface area contributed by atoms with Crippen molar-refractivity contribution in [2.24, 2.45) is 0 Å². The molecule has 0 aliphatic carbocycles. The summed E-state index contributed by atoms with van der Waals surface area (Å²) in [5.41, 5.74) is 0. The number of unbranched alkanes of at least 4 members (excludes halogenated alkanes) is 1. The second kappa shape index (κ2) is 6.11. The summed E-state index contributed by atoms with van der Waals surface area (Å²) in [6, 6.07) is 0. The normalized spacial score (nSPS) is 13.1. The van der Waals surface area contributed by atoms with Crippen molar-refractivity contribution in [3.8, 4) is 0 Å². The van der Waals surface area contributed by atoms with Gasteiger partial charge in [0.05, 0.1) is 0 Å². The Kier molecular flexibility index (Phi) is 6.10. The Bertz CT molecular complexity index is 108. The summed E-state index contributed by atoms with van der Waals surface area (Å²) in [5.74, 6) is 0. The summed E-state index contributed by atoms with van der Waals surface area (Å²) in [6.07, 6.45) is 8.57. The van der Waals surface area contributed by atoms with E-state index in [1.807, 2.05) is 19.1 Å². The molecular formula is C8H13Co. The van der Waals surface area contributed by atoms with Gasteiger partial charge in [0.2, 0.25) is 0 Å². The number of hydrogen-bond donors (Lipinski definition) is 0. The molecule has 0 aromatic rings. The molecule has 0 saturated heterocycles. The third-order valence-corrected chi connectivity index (χ3v) is 1.08. The van der Waals surface area contributed by atoms with Crippen molar-refractivity contribution < 1.29 is 15.7 Å². The Morgan fingerprint density at radius 3 is 2.67 bits per heavy atom. The second-order valence-corrected chi connectivity index (χ2v) is 2.76. The molecule has 0 nitrogen and oxygen atoms in total. The van der Waals surface area contributed by atoms with Crippen LogP contribution in [0.1, 0.15) is 26.7 Å². The molecule has 0 aliphatic heterocycles. The molecule has 0 N–H and O–H groups in total. The van der Waals surface area contributed by atoms with Gasteiger partial charge in [-0.1, -0.05) is 0 Å². The van der Waals surface area contributed by atoms with Crippen LogP contribution in [0.15, 0.2) is 22.7 Å². The molecule has 9 heavy (non-hydrogen) atoms. The molecule has 0 fully saturated rings. The van der Waals surface area contributed by atoms with E-state index in [0.29, 0.717) is 0 Å². The molecule has 0 aliphatic rings. The molecular weight excluding hydrogens is 155 g/mol. The zero-order valence-electron chi connectivity index (χ0n) is 5.98. The first kappa shape index (κ1) is 8.99. The fraction of sp³-hybridized carbons (Fsp3) is 0.500. The summed E-state index contributed by atoms with van der Waals surface area (Å²) in [5, 5.41) is 0. The summed E-state index contributed by atoms with van der Waals surface area (Å²) >= 11 is 4.16. The van der Waals surface area contributed by atoms with E-state index >= 15 is 0 Å². The van der Waals surface area contributed by atoms with Crippen LogP contribution in [0.5, 0.6) is 0 Å². The van der Waals surface area contributed by atoms with Crippen LogP contribution in [0.25, 0.3) is 0 Å². The molecule has 0 saturated carbocycles. The van der Waals surface area contributed by atoms with Crippen LogP contribution in [-0.4, -0.2) is 0 Å². The maximum absolute atomic E-state index is 4.16. The van der Waals surface area contributed by atoms with Gasteiger partial charge in [-0.3, -0.25) is 0 Å². The predicted octanol–water partition coefficient (Wildman–Crippen LogP) is 2.79. The minimum absolute atomic E-state index is 1.05. The van der Waals surface area contributed by atoms with Gasteiger partial charge in [-0.05, 0) is 0 Å². The monoisotopic (exact) mass is 168 g/mol. The molecule has 0 unspecified atom stereocenters. The van der Waals surface area contributed by atoms with Gasteiger partial charge in [-0.2, -0.15) is 0 Å². The second-order valence-electron chi connectivity index (χ2n) is 1.94. The average molecular weight is 168 g/mol. The van der Waals surface area contributed by atoms with Gasteiger partial charge < -0.3 is 0 Å². The molecule has 0 heterocycles. The van der Waals surface area contributed by atoms with Crippen molar-refractivity contribution in [1.82, 2.24) is 0 Å². The van der Waals surface area contributed by atoms with Crippen molar-refractivity contribution >= 4 is 0 Å². The Morgan fingerprint density at radius 2 is 2.22 bits per heavy atom. The van der Waals surface area contributed by atoms with Crippen LogP contribution < -0.4 is 0 Å². The van der Waals surface area contributed by atoms with Crippen LogP contribution in [0.3, 0.4) is 0 Å². The van der Waals surface area contributed by atoms with E-state index in [2.05, 4.69) is 28.7 Å². The van der Waals surface area contributed by atoms with Gasteiger partial charge in [-0.15, -0.1) is 0 Å². The van der Waals surface area contributed by atoms with Gasteiger partial charge >= 0.3 is 65.2 Å². The van der Waals surface area contributed by atoms with E-state index in [9.17, 15) is 0 Å². The van der Waals surface area contributed by atoms with E-state index in [1.54, 1.807) is 0 Å². The van der Waals surface area contributed by atoms with Crippen LogP contribution >= 0.6 is 0 Å². The van der Waals surface area contributed by atoms with Crippen LogP contribution in [0, 0.1) is 0 Å². The summed E-state index contributed by atoms with van der Waals surface area (Å²) in [7, 11) is 0. The van der Waals surface area contributed by atoms with E-state index in [4.69, 9.17) is 0 Å². The molecule has 0 bridgehead atoms. The van der Waals surface area contributed by atoms with Gasteiger partial charge in [0.15, 0.2) is 0 Å². The zero-order valence-corrected chi connectivity index (χ0v) is 7.02. The topological polar surface area (TPSA) is 0 Å². The molecule has 1 heteroatoms. The van der Waals surface area contributed by atoms with E-state index in [-0.39, 0.29) is 0 Å². The summed E-state index contributed by atoms with van der Waals surface area (Å²) < 4.78 is 1.05. The fourth-order valence-corrected chi connectivity index (χ4v) is 0.559. The third-order valence-electron chi connectivity index (χ3n) is 0.910. The molecule has 0 radical (unpaired) electrons. The average Bonchev–Trinajstić information content (AvgIpc) is 1.80. The number of hydrogen-bond acceptors (Lipinski definition) is 0. The van der Waals surface area contributed by atoms with E-state index in [1.165, 1.54) is 6.42 Å². The molecule has 0 atom stereocenters. The van der Waals surface area contributed by atoms with Crippen molar-refractivity contribution in [2.45, 2.75) is 26.7 Å². The van der Waals surface area contributed by atoms with Crippen molar-refractivity contribution in [3.05, 3.63) is 22.7 Å². The molecule has 0 rings (SSSR count). The van der Waals surface area contributed by atoms with Gasteiger partial charge in [-0.25, -0.2) is 0 Å².